The molecule has 82 valence electrons. The molecule has 0 amide bonds. The number of benzene rings is 1. The Kier molecular flexibility index (Phi) is 3.37. The van der Waals surface area contributed by atoms with Crippen molar-refractivity contribution in [3.8, 4) is 10.4 Å². The zero-order valence-corrected chi connectivity index (χ0v) is 9.79. The molecule has 0 aliphatic rings. The third-order valence-electron chi connectivity index (χ3n) is 2.14. The summed E-state index contributed by atoms with van der Waals surface area (Å²) in [5, 5.41) is 0. The van der Waals surface area contributed by atoms with Crippen molar-refractivity contribution in [2.24, 2.45) is 0 Å². The Labute approximate surface area is 98.5 Å². The smallest absolute Gasteiger partial charge is 0.302 e. The number of ether oxygens (including phenoxy) is 1. The number of hydrogen-bond acceptors (Lipinski definition) is 3. The van der Waals surface area contributed by atoms with Gasteiger partial charge in [-0.1, -0.05) is 30.3 Å². The van der Waals surface area contributed by atoms with Gasteiger partial charge in [0, 0.05) is 16.7 Å². The lowest BCUT2D eigenvalue weighted by atomic mass is 10.2. The van der Waals surface area contributed by atoms with E-state index < -0.39 is 0 Å². The Hall–Kier alpha value is -1.61. The molecule has 0 saturated carbocycles. The summed E-state index contributed by atoms with van der Waals surface area (Å²) in [5.41, 5.74) is 1.20. The molecule has 0 unspecified atom stereocenters. The summed E-state index contributed by atoms with van der Waals surface area (Å²) in [7, 11) is 0. The molecule has 16 heavy (non-hydrogen) atoms. The van der Waals surface area contributed by atoms with E-state index in [9.17, 15) is 4.79 Å². The fourth-order valence-electron chi connectivity index (χ4n) is 1.39. The third kappa shape index (κ3) is 2.70. The summed E-state index contributed by atoms with van der Waals surface area (Å²) in [6, 6.07) is 14.2. The SMILES string of the molecule is CC(=O)OCc1ccc(-c2ccccc2)s1. The molecule has 0 N–H and O–H groups in total. The maximum atomic E-state index is 10.7. The molecule has 0 aliphatic heterocycles. The predicted molar refractivity (Wildman–Crippen MR) is 65.2 cm³/mol. The summed E-state index contributed by atoms with van der Waals surface area (Å²) in [5.74, 6) is -0.241. The maximum Gasteiger partial charge on any atom is 0.302 e. The molecule has 2 nitrogen and oxygen atoms in total. The summed E-state index contributed by atoms with van der Waals surface area (Å²) < 4.78 is 4.95. The number of esters is 1. The molecule has 0 aliphatic carbocycles. The second-order valence-corrected chi connectivity index (χ2v) is 4.58. The highest BCUT2D eigenvalue weighted by atomic mass is 32.1. The molecule has 1 aromatic carbocycles. The molecular formula is C13H12O2S. The molecule has 2 rings (SSSR count). The van der Waals surface area contributed by atoms with Gasteiger partial charge < -0.3 is 4.74 Å². The maximum absolute atomic E-state index is 10.7. The first-order chi connectivity index (χ1) is 7.75. The second-order valence-electron chi connectivity index (χ2n) is 3.41. The van der Waals surface area contributed by atoms with Gasteiger partial charge in [0.05, 0.1) is 0 Å². The molecule has 1 aromatic heterocycles. The first kappa shape index (κ1) is 10.9. The Balaban J connectivity index is 2.11. The molecule has 0 fully saturated rings. The fraction of sp³-hybridized carbons (Fsp3) is 0.154. The summed E-state index contributed by atoms with van der Waals surface area (Å²) in [4.78, 5) is 12.9. The van der Waals surface area contributed by atoms with Crippen molar-refractivity contribution in [2.45, 2.75) is 13.5 Å². The fourth-order valence-corrected chi connectivity index (χ4v) is 2.31. The average molecular weight is 232 g/mol. The molecule has 0 radical (unpaired) electrons. The van der Waals surface area contributed by atoms with Crippen LogP contribution in [0.5, 0.6) is 0 Å². The van der Waals surface area contributed by atoms with Gasteiger partial charge in [0.15, 0.2) is 0 Å². The zero-order valence-electron chi connectivity index (χ0n) is 8.97. The van der Waals surface area contributed by atoms with Crippen LogP contribution < -0.4 is 0 Å². The van der Waals surface area contributed by atoms with Gasteiger partial charge in [-0.3, -0.25) is 4.79 Å². The van der Waals surface area contributed by atoms with Crippen molar-refractivity contribution in [3.63, 3.8) is 0 Å². The van der Waals surface area contributed by atoms with E-state index in [0.717, 1.165) is 4.88 Å². The van der Waals surface area contributed by atoms with Crippen LogP contribution in [0, 0.1) is 0 Å². The van der Waals surface area contributed by atoms with Crippen LogP contribution in [0.1, 0.15) is 11.8 Å². The quantitative estimate of drug-likeness (QED) is 0.757. The van der Waals surface area contributed by atoms with Gasteiger partial charge in [-0.25, -0.2) is 0 Å². The lowest BCUT2D eigenvalue weighted by Gasteiger charge is -1.98. The Morgan fingerprint density at radius 3 is 2.62 bits per heavy atom. The first-order valence-electron chi connectivity index (χ1n) is 5.03. The lowest BCUT2D eigenvalue weighted by Crippen LogP contribution is -1.96. The van der Waals surface area contributed by atoms with Gasteiger partial charge in [0.25, 0.3) is 0 Å². The van der Waals surface area contributed by atoms with Crippen LogP contribution >= 0.6 is 11.3 Å². The van der Waals surface area contributed by atoms with Crippen LogP contribution in [0.3, 0.4) is 0 Å². The molecule has 3 heteroatoms. The van der Waals surface area contributed by atoms with Crippen molar-refractivity contribution in [1.29, 1.82) is 0 Å². The van der Waals surface area contributed by atoms with Crippen molar-refractivity contribution < 1.29 is 9.53 Å². The highest BCUT2D eigenvalue weighted by molar-refractivity contribution is 7.15. The van der Waals surface area contributed by atoms with Gasteiger partial charge in [-0.05, 0) is 17.7 Å². The van der Waals surface area contributed by atoms with Crippen LogP contribution in [-0.4, -0.2) is 5.97 Å². The van der Waals surface area contributed by atoms with Gasteiger partial charge >= 0.3 is 5.97 Å². The third-order valence-corrected chi connectivity index (χ3v) is 3.25. The number of rotatable bonds is 3. The summed E-state index contributed by atoms with van der Waals surface area (Å²) >= 11 is 1.65. The topological polar surface area (TPSA) is 26.3 Å². The lowest BCUT2D eigenvalue weighted by molar-refractivity contribution is -0.142. The highest BCUT2D eigenvalue weighted by Crippen LogP contribution is 2.28. The van der Waals surface area contributed by atoms with Gasteiger partial charge in [-0.2, -0.15) is 0 Å². The van der Waals surface area contributed by atoms with E-state index in [4.69, 9.17) is 4.74 Å². The van der Waals surface area contributed by atoms with Crippen molar-refractivity contribution in [2.75, 3.05) is 0 Å². The van der Waals surface area contributed by atoms with Crippen LogP contribution in [0.25, 0.3) is 10.4 Å². The van der Waals surface area contributed by atoms with Gasteiger partial charge in [0.1, 0.15) is 6.61 Å². The Bertz CT molecular complexity index is 474. The average Bonchev–Trinajstić information content (AvgIpc) is 2.76. The number of hydrogen-bond donors (Lipinski definition) is 0. The molecule has 0 spiro atoms. The Morgan fingerprint density at radius 2 is 1.94 bits per heavy atom. The summed E-state index contributed by atoms with van der Waals surface area (Å²) in [6.45, 7) is 1.79. The van der Waals surface area contributed by atoms with E-state index in [2.05, 4.69) is 18.2 Å². The van der Waals surface area contributed by atoms with Crippen LogP contribution in [0.2, 0.25) is 0 Å². The van der Waals surface area contributed by atoms with Crippen LogP contribution in [-0.2, 0) is 16.1 Å². The van der Waals surface area contributed by atoms with Gasteiger partial charge in [0.2, 0.25) is 0 Å². The van der Waals surface area contributed by atoms with Crippen molar-refractivity contribution >= 4 is 17.3 Å². The molecule has 1 heterocycles. The van der Waals surface area contributed by atoms with Crippen molar-refractivity contribution in [3.05, 3.63) is 47.3 Å². The Morgan fingerprint density at radius 1 is 1.19 bits per heavy atom. The normalized spacial score (nSPS) is 10.1. The molecule has 0 bridgehead atoms. The monoisotopic (exact) mass is 232 g/mol. The minimum atomic E-state index is -0.241. The van der Waals surface area contributed by atoms with Crippen LogP contribution in [0.4, 0.5) is 0 Å². The predicted octanol–water partition coefficient (Wildman–Crippen LogP) is 3.48. The standard InChI is InChI=1S/C13H12O2S/c1-10(14)15-9-12-7-8-13(16-12)11-5-3-2-4-6-11/h2-8H,9H2,1H3. The van der Waals surface area contributed by atoms with E-state index >= 15 is 0 Å². The summed E-state index contributed by atoms with van der Waals surface area (Å²) in [6.07, 6.45) is 0. The molecule has 2 aromatic rings. The minimum absolute atomic E-state index is 0.241. The van der Waals surface area contributed by atoms with Gasteiger partial charge in [-0.15, -0.1) is 11.3 Å². The largest absolute Gasteiger partial charge is 0.460 e. The van der Waals surface area contributed by atoms with E-state index in [1.807, 2.05) is 24.3 Å². The first-order valence-corrected chi connectivity index (χ1v) is 5.85. The van der Waals surface area contributed by atoms with E-state index in [1.165, 1.54) is 17.4 Å². The second kappa shape index (κ2) is 4.94. The van der Waals surface area contributed by atoms with Crippen molar-refractivity contribution in [1.82, 2.24) is 0 Å². The molecule has 0 saturated heterocycles. The van der Waals surface area contributed by atoms with E-state index in [1.54, 1.807) is 11.3 Å². The minimum Gasteiger partial charge on any atom is -0.460 e. The number of carbonyl (C=O) groups excluding carboxylic acids is 1. The zero-order chi connectivity index (χ0) is 11.4. The highest BCUT2D eigenvalue weighted by Gasteiger charge is 2.03. The molecular weight excluding hydrogens is 220 g/mol. The molecule has 0 atom stereocenters. The van der Waals surface area contributed by atoms with E-state index in [-0.39, 0.29) is 5.97 Å². The number of carbonyl (C=O) groups is 1. The number of thiophene rings is 1. The van der Waals surface area contributed by atoms with E-state index in [0.29, 0.717) is 6.61 Å². The van der Waals surface area contributed by atoms with Crippen LogP contribution in [0.15, 0.2) is 42.5 Å².